The normalized spacial score (nSPS) is 28.0. The second-order valence-corrected chi connectivity index (χ2v) is 5.39. The summed E-state index contributed by atoms with van der Waals surface area (Å²) in [5.74, 6) is 0.468. The Morgan fingerprint density at radius 3 is 2.83 bits per heavy atom. The number of carbonyl (C=O) groups excluding carboxylic acids is 1. The predicted octanol–water partition coefficient (Wildman–Crippen LogP) is 1.72. The van der Waals surface area contributed by atoms with E-state index in [2.05, 4.69) is 11.9 Å². The number of anilines is 1. The summed E-state index contributed by atoms with van der Waals surface area (Å²) in [5.41, 5.74) is 5.90. The number of nitrogen functional groups attached to an aromatic ring is 1. The molecule has 1 aliphatic rings. The maximum Gasteiger partial charge on any atom is 0.168 e. The molecule has 2 rings (SSSR count). The molecule has 0 atom stereocenters. The molecule has 0 bridgehead atoms. The van der Waals surface area contributed by atoms with E-state index in [0.29, 0.717) is 30.0 Å². The summed E-state index contributed by atoms with van der Waals surface area (Å²) < 4.78 is 0. The highest BCUT2D eigenvalue weighted by molar-refractivity contribution is 5.89. The SMILES string of the molecule is CC1CCC(O)(C(=O)Cc2cnccc2N)CC1. The van der Waals surface area contributed by atoms with E-state index in [-0.39, 0.29) is 12.2 Å². The molecule has 0 radical (unpaired) electrons. The van der Waals surface area contributed by atoms with E-state index in [9.17, 15) is 9.90 Å². The molecule has 18 heavy (non-hydrogen) atoms. The highest BCUT2D eigenvalue weighted by Gasteiger charge is 2.38. The van der Waals surface area contributed by atoms with Crippen LogP contribution in [0.2, 0.25) is 0 Å². The molecule has 1 aromatic heterocycles. The summed E-state index contributed by atoms with van der Waals surface area (Å²) in [6.07, 6.45) is 6.31. The van der Waals surface area contributed by atoms with Crippen molar-refractivity contribution in [1.29, 1.82) is 0 Å². The number of hydrogen-bond donors (Lipinski definition) is 2. The van der Waals surface area contributed by atoms with Crippen molar-refractivity contribution in [3.05, 3.63) is 24.0 Å². The fourth-order valence-electron chi connectivity index (χ4n) is 2.44. The summed E-state index contributed by atoms with van der Waals surface area (Å²) in [6.45, 7) is 2.16. The van der Waals surface area contributed by atoms with Crippen LogP contribution in [-0.4, -0.2) is 21.5 Å². The Morgan fingerprint density at radius 2 is 2.22 bits per heavy atom. The summed E-state index contributed by atoms with van der Waals surface area (Å²) in [6, 6.07) is 1.68. The lowest BCUT2D eigenvalue weighted by atomic mass is 9.76. The third kappa shape index (κ3) is 2.70. The number of carbonyl (C=O) groups is 1. The monoisotopic (exact) mass is 248 g/mol. The Bertz CT molecular complexity index is 437. The lowest BCUT2D eigenvalue weighted by molar-refractivity contribution is -0.140. The van der Waals surface area contributed by atoms with Gasteiger partial charge in [0.1, 0.15) is 5.60 Å². The molecule has 0 aromatic carbocycles. The van der Waals surface area contributed by atoms with Gasteiger partial charge in [0.25, 0.3) is 0 Å². The van der Waals surface area contributed by atoms with E-state index < -0.39 is 5.60 Å². The Labute approximate surface area is 107 Å². The molecule has 1 aromatic rings. The van der Waals surface area contributed by atoms with Crippen molar-refractivity contribution in [2.75, 3.05) is 5.73 Å². The zero-order valence-corrected chi connectivity index (χ0v) is 10.7. The lowest BCUT2D eigenvalue weighted by Gasteiger charge is -2.33. The molecule has 0 spiro atoms. The van der Waals surface area contributed by atoms with Crippen LogP contribution < -0.4 is 5.73 Å². The first-order chi connectivity index (χ1) is 8.51. The van der Waals surface area contributed by atoms with Crippen molar-refractivity contribution in [3.63, 3.8) is 0 Å². The van der Waals surface area contributed by atoms with Crippen LogP contribution in [0.5, 0.6) is 0 Å². The van der Waals surface area contributed by atoms with Gasteiger partial charge in [-0.3, -0.25) is 9.78 Å². The van der Waals surface area contributed by atoms with Gasteiger partial charge in [-0.2, -0.15) is 0 Å². The topological polar surface area (TPSA) is 76.2 Å². The molecule has 1 fully saturated rings. The standard InChI is InChI=1S/C14H20N2O2/c1-10-2-5-14(18,6-3-10)13(17)8-11-9-16-7-4-12(11)15/h4,7,9-10,18H,2-3,5-6,8H2,1H3,(H2,15,16). The minimum atomic E-state index is -1.16. The van der Waals surface area contributed by atoms with Gasteiger partial charge in [0.15, 0.2) is 5.78 Å². The first-order valence-corrected chi connectivity index (χ1v) is 6.45. The third-order valence-electron chi connectivity index (χ3n) is 3.91. The molecule has 1 aliphatic carbocycles. The number of nitrogens with zero attached hydrogens (tertiary/aromatic N) is 1. The van der Waals surface area contributed by atoms with Crippen molar-refractivity contribution >= 4 is 11.5 Å². The number of aliphatic hydroxyl groups is 1. The minimum absolute atomic E-state index is 0.130. The third-order valence-corrected chi connectivity index (χ3v) is 3.91. The van der Waals surface area contributed by atoms with Gasteiger partial charge in [0.05, 0.1) is 0 Å². The van der Waals surface area contributed by atoms with Crippen LogP contribution in [0.15, 0.2) is 18.5 Å². The molecule has 4 nitrogen and oxygen atoms in total. The van der Waals surface area contributed by atoms with Crippen molar-refractivity contribution in [3.8, 4) is 0 Å². The first-order valence-electron chi connectivity index (χ1n) is 6.45. The summed E-state index contributed by atoms with van der Waals surface area (Å²) in [5, 5.41) is 10.4. The average molecular weight is 248 g/mol. The Balaban J connectivity index is 2.06. The molecule has 0 amide bonds. The molecule has 1 heterocycles. The zero-order chi connectivity index (χ0) is 13.2. The van der Waals surface area contributed by atoms with Crippen LogP contribution >= 0.6 is 0 Å². The molecule has 0 unspecified atom stereocenters. The molecular formula is C14H20N2O2. The highest BCUT2D eigenvalue weighted by atomic mass is 16.3. The van der Waals surface area contributed by atoms with Crippen molar-refractivity contribution in [1.82, 2.24) is 4.98 Å². The predicted molar refractivity (Wildman–Crippen MR) is 69.9 cm³/mol. The van der Waals surface area contributed by atoms with Gasteiger partial charge in [-0.15, -0.1) is 0 Å². The molecule has 0 saturated heterocycles. The van der Waals surface area contributed by atoms with Crippen LogP contribution in [0.3, 0.4) is 0 Å². The molecule has 98 valence electrons. The van der Waals surface area contributed by atoms with Crippen LogP contribution in [0.4, 0.5) is 5.69 Å². The largest absolute Gasteiger partial charge is 0.398 e. The van der Waals surface area contributed by atoms with Crippen LogP contribution in [-0.2, 0) is 11.2 Å². The van der Waals surface area contributed by atoms with Crippen LogP contribution in [0, 0.1) is 5.92 Å². The second-order valence-electron chi connectivity index (χ2n) is 5.39. The fourth-order valence-corrected chi connectivity index (χ4v) is 2.44. The molecule has 1 saturated carbocycles. The molecule has 3 N–H and O–H groups in total. The van der Waals surface area contributed by atoms with Crippen molar-refractivity contribution in [2.24, 2.45) is 5.92 Å². The second kappa shape index (κ2) is 5.06. The molecule has 0 aliphatic heterocycles. The number of nitrogens with two attached hydrogens (primary N) is 1. The maximum absolute atomic E-state index is 12.2. The quantitative estimate of drug-likeness (QED) is 0.854. The summed E-state index contributed by atoms with van der Waals surface area (Å²) >= 11 is 0. The Morgan fingerprint density at radius 1 is 1.56 bits per heavy atom. The van der Waals surface area contributed by atoms with Crippen LogP contribution in [0.1, 0.15) is 38.2 Å². The number of pyridine rings is 1. The maximum atomic E-state index is 12.2. The fraction of sp³-hybridized carbons (Fsp3) is 0.571. The highest BCUT2D eigenvalue weighted by Crippen LogP contribution is 2.33. The van der Waals surface area contributed by atoms with E-state index in [0.717, 1.165) is 12.8 Å². The van der Waals surface area contributed by atoms with E-state index >= 15 is 0 Å². The van der Waals surface area contributed by atoms with Gasteiger partial charge in [-0.25, -0.2) is 0 Å². The van der Waals surface area contributed by atoms with E-state index in [1.54, 1.807) is 18.5 Å². The van der Waals surface area contributed by atoms with Gasteiger partial charge in [0.2, 0.25) is 0 Å². The van der Waals surface area contributed by atoms with Gasteiger partial charge in [-0.1, -0.05) is 6.92 Å². The van der Waals surface area contributed by atoms with E-state index in [4.69, 9.17) is 5.73 Å². The number of hydrogen-bond acceptors (Lipinski definition) is 4. The number of aromatic nitrogens is 1. The number of ketones is 1. The van der Waals surface area contributed by atoms with Gasteiger partial charge in [-0.05, 0) is 37.7 Å². The first kappa shape index (κ1) is 13.0. The van der Waals surface area contributed by atoms with Gasteiger partial charge < -0.3 is 10.8 Å². The van der Waals surface area contributed by atoms with Gasteiger partial charge >= 0.3 is 0 Å². The average Bonchev–Trinajstić information content (AvgIpc) is 2.36. The lowest BCUT2D eigenvalue weighted by Crippen LogP contribution is -2.42. The van der Waals surface area contributed by atoms with E-state index in [1.807, 2.05) is 0 Å². The Hall–Kier alpha value is -1.42. The minimum Gasteiger partial charge on any atom is -0.398 e. The zero-order valence-electron chi connectivity index (χ0n) is 10.7. The molecule has 4 heteroatoms. The summed E-state index contributed by atoms with van der Waals surface area (Å²) in [4.78, 5) is 16.2. The van der Waals surface area contributed by atoms with Crippen molar-refractivity contribution in [2.45, 2.75) is 44.6 Å². The number of rotatable bonds is 3. The molecular weight excluding hydrogens is 228 g/mol. The number of Topliss-reactive ketones (excluding diaryl/α,β-unsaturated/α-hetero) is 1. The van der Waals surface area contributed by atoms with E-state index in [1.165, 1.54) is 0 Å². The van der Waals surface area contributed by atoms with Crippen LogP contribution in [0.25, 0.3) is 0 Å². The summed E-state index contributed by atoms with van der Waals surface area (Å²) in [7, 11) is 0. The smallest absolute Gasteiger partial charge is 0.168 e. The van der Waals surface area contributed by atoms with Gasteiger partial charge in [0, 0.05) is 30.1 Å². The van der Waals surface area contributed by atoms with Crippen molar-refractivity contribution < 1.29 is 9.90 Å². The Kier molecular flexibility index (Phi) is 3.66.